The average molecular weight is 434 g/mol. The molecular formula is C25H26N2O5. The molecule has 1 aliphatic carbocycles. The molecule has 2 unspecified atom stereocenters. The Bertz CT molecular complexity index is 994. The van der Waals surface area contributed by atoms with Gasteiger partial charge in [0.15, 0.2) is 0 Å². The van der Waals surface area contributed by atoms with Crippen LogP contribution in [0.2, 0.25) is 0 Å². The van der Waals surface area contributed by atoms with Crippen LogP contribution < -0.4 is 5.32 Å². The van der Waals surface area contributed by atoms with Gasteiger partial charge < -0.3 is 10.1 Å². The standard InChI is InChI=1S/C25H26N2O5/c1-16(27-23(29)20-9-5-6-10-21(20)24(27)30)25(31)32-15-17-11-13-18(14-12-17)22(28)26-19-7-3-2-4-8-19/h2-4,7-8,11-14,16,20-21H,5-6,9-10,15H2,1H3,(H,26,28)/t16-,20?,21?/m0/s1. The van der Waals surface area contributed by atoms with Crippen molar-refractivity contribution in [3.05, 3.63) is 65.7 Å². The number of benzene rings is 2. The Kier molecular flexibility index (Phi) is 6.35. The molecule has 166 valence electrons. The molecule has 2 aromatic carbocycles. The highest BCUT2D eigenvalue weighted by atomic mass is 16.5. The van der Waals surface area contributed by atoms with Crippen molar-refractivity contribution in [3.63, 3.8) is 0 Å². The van der Waals surface area contributed by atoms with Gasteiger partial charge in [0.25, 0.3) is 5.91 Å². The summed E-state index contributed by atoms with van der Waals surface area (Å²) in [4.78, 5) is 51.3. The number of hydrogen-bond acceptors (Lipinski definition) is 5. The van der Waals surface area contributed by atoms with E-state index in [0.717, 1.165) is 17.7 Å². The zero-order valence-electron chi connectivity index (χ0n) is 18.0. The van der Waals surface area contributed by atoms with E-state index >= 15 is 0 Å². The van der Waals surface area contributed by atoms with Crippen molar-refractivity contribution in [2.24, 2.45) is 11.8 Å². The Morgan fingerprint density at radius 2 is 1.56 bits per heavy atom. The minimum atomic E-state index is -0.948. The molecule has 1 heterocycles. The number of para-hydroxylation sites is 1. The van der Waals surface area contributed by atoms with E-state index in [4.69, 9.17) is 4.74 Å². The molecule has 0 spiro atoms. The molecule has 1 N–H and O–H groups in total. The van der Waals surface area contributed by atoms with Gasteiger partial charge >= 0.3 is 5.97 Å². The molecule has 7 nitrogen and oxygen atoms in total. The van der Waals surface area contributed by atoms with Crippen LogP contribution in [0.15, 0.2) is 54.6 Å². The third kappa shape index (κ3) is 4.42. The van der Waals surface area contributed by atoms with Gasteiger partial charge in [-0.3, -0.25) is 19.3 Å². The number of hydrogen-bond donors (Lipinski definition) is 1. The number of anilines is 1. The van der Waals surface area contributed by atoms with Gasteiger partial charge in [-0.25, -0.2) is 4.79 Å². The van der Waals surface area contributed by atoms with E-state index in [-0.39, 0.29) is 36.2 Å². The van der Waals surface area contributed by atoms with Crippen molar-refractivity contribution in [3.8, 4) is 0 Å². The van der Waals surface area contributed by atoms with E-state index in [9.17, 15) is 19.2 Å². The Labute approximate surface area is 186 Å². The number of imide groups is 1. The molecule has 3 amide bonds. The van der Waals surface area contributed by atoms with Crippen molar-refractivity contribution in [2.45, 2.75) is 45.3 Å². The highest BCUT2D eigenvalue weighted by Gasteiger charge is 2.51. The lowest BCUT2D eigenvalue weighted by atomic mass is 9.81. The first kappa shape index (κ1) is 21.7. The molecule has 0 radical (unpaired) electrons. The minimum absolute atomic E-state index is 0.00711. The Hall–Kier alpha value is -3.48. The van der Waals surface area contributed by atoms with Crippen LogP contribution in [0.5, 0.6) is 0 Å². The number of carbonyl (C=O) groups excluding carboxylic acids is 4. The molecule has 0 bridgehead atoms. The molecule has 4 rings (SSSR count). The van der Waals surface area contributed by atoms with Crippen LogP contribution in [0, 0.1) is 11.8 Å². The molecule has 2 aliphatic rings. The summed E-state index contributed by atoms with van der Waals surface area (Å²) in [5, 5.41) is 2.81. The second kappa shape index (κ2) is 9.34. The number of nitrogens with zero attached hydrogens (tertiary/aromatic N) is 1. The highest BCUT2D eigenvalue weighted by molar-refractivity contribution is 6.07. The van der Waals surface area contributed by atoms with Crippen LogP contribution in [-0.4, -0.2) is 34.6 Å². The maximum absolute atomic E-state index is 12.7. The van der Waals surface area contributed by atoms with Crippen LogP contribution in [0.1, 0.15) is 48.5 Å². The van der Waals surface area contributed by atoms with E-state index in [0.29, 0.717) is 29.7 Å². The number of amides is 3. The SMILES string of the molecule is C[C@@H](C(=O)OCc1ccc(C(=O)Nc2ccccc2)cc1)N1C(=O)C2CCCCC2C1=O. The summed E-state index contributed by atoms with van der Waals surface area (Å²) in [6, 6.07) is 14.9. The van der Waals surface area contributed by atoms with Gasteiger partial charge in [0, 0.05) is 11.3 Å². The number of nitrogens with one attached hydrogen (secondary N) is 1. The third-order valence-electron chi connectivity index (χ3n) is 6.23. The lowest BCUT2D eigenvalue weighted by molar-refractivity contribution is -0.159. The number of likely N-dealkylation sites (tertiary alicyclic amines) is 1. The molecular weight excluding hydrogens is 408 g/mol. The second-order valence-electron chi connectivity index (χ2n) is 8.34. The summed E-state index contributed by atoms with van der Waals surface area (Å²) >= 11 is 0. The normalized spacial score (nSPS) is 21.1. The molecule has 32 heavy (non-hydrogen) atoms. The van der Waals surface area contributed by atoms with Crippen LogP contribution >= 0.6 is 0 Å². The fourth-order valence-corrected chi connectivity index (χ4v) is 4.43. The molecule has 1 aliphatic heterocycles. The van der Waals surface area contributed by atoms with Gasteiger partial charge in [0.05, 0.1) is 11.8 Å². The van der Waals surface area contributed by atoms with Gasteiger partial charge in [-0.1, -0.05) is 43.2 Å². The van der Waals surface area contributed by atoms with Crippen molar-refractivity contribution < 1.29 is 23.9 Å². The van der Waals surface area contributed by atoms with Crippen molar-refractivity contribution in [1.82, 2.24) is 4.90 Å². The predicted octanol–water partition coefficient (Wildman–Crippen LogP) is 3.55. The number of fused-ring (bicyclic) bond motifs is 1. The summed E-state index contributed by atoms with van der Waals surface area (Å²) in [5.74, 6) is -1.94. The van der Waals surface area contributed by atoms with Crippen LogP contribution in [0.4, 0.5) is 5.69 Å². The van der Waals surface area contributed by atoms with Crippen LogP contribution in [-0.2, 0) is 25.7 Å². The molecule has 7 heteroatoms. The van der Waals surface area contributed by atoms with E-state index < -0.39 is 12.0 Å². The van der Waals surface area contributed by atoms with E-state index in [1.54, 1.807) is 36.4 Å². The average Bonchev–Trinajstić information content (AvgIpc) is 3.08. The van der Waals surface area contributed by atoms with E-state index in [2.05, 4.69) is 5.32 Å². The molecule has 0 aromatic heterocycles. The number of esters is 1. The third-order valence-corrected chi connectivity index (χ3v) is 6.23. The van der Waals surface area contributed by atoms with E-state index in [1.807, 2.05) is 18.2 Å². The lowest BCUT2D eigenvalue weighted by Gasteiger charge is -2.21. The maximum Gasteiger partial charge on any atom is 0.329 e. The zero-order valence-corrected chi connectivity index (χ0v) is 18.0. The van der Waals surface area contributed by atoms with Crippen molar-refractivity contribution in [1.29, 1.82) is 0 Å². The van der Waals surface area contributed by atoms with E-state index in [1.165, 1.54) is 6.92 Å². The lowest BCUT2D eigenvalue weighted by Crippen LogP contribution is -2.44. The van der Waals surface area contributed by atoms with Gasteiger partial charge in [-0.05, 0) is 49.6 Å². The molecule has 2 aromatic rings. The highest BCUT2D eigenvalue weighted by Crippen LogP contribution is 2.38. The Morgan fingerprint density at radius 3 is 2.16 bits per heavy atom. The summed E-state index contributed by atoms with van der Waals surface area (Å²) in [6.07, 6.45) is 3.29. The quantitative estimate of drug-likeness (QED) is 0.554. The monoisotopic (exact) mass is 434 g/mol. The van der Waals surface area contributed by atoms with Crippen molar-refractivity contribution in [2.75, 3.05) is 5.32 Å². The summed E-state index contributed by atoms with van der Waals surface area (Å²) in [5.41, 5.74) is 1.89. The first-order chi connectivity index (χ1) is 15.5. The minimum Gasteiger partial charge on any atom is -0.459 e. The van der Waals surface area contributed by atoms with Crippen LogP contribution in [0.25, 0.3) is 0 Å². The molecule has 3 atom stereocenters. The molecule has 2 fully saturated rings. The fourth-order valence-electron chi connectivity index (χ4n) is 4.43. The first-order valence-electron chi connectivity index (χ1n) is 10.9. The summed E-state index contributed by atoms with van der Waals surface area (Å²) in [6.45, 7) is 1.53. The second-order valence-corrected chi connectivity index (χ2v) is 8.34. The Morgan fingerprint density at radius 1 is 0.969 bits per heavy atom. The largest absolute Gasteiger partial charge is 0.459 e. The van der Waals surface area contributed by atoms with Gasteiger partial charge in [0.2, 0.25) is 11.8 Å². The number of rotatable bonds is 6. The molecule has 1 saturated carbocycles. The fraction of sp³-hybridized carbons (Fsp3) is 0.360. The summed E-state index contributed by atoms with van der Waals surface area (Å²) < 4.78 is 5.36. The first-order valence-corrected chi connectivity index (χ1v) is 10.9. The maximum atomic E-state index is 12.7. The topological polar surface area (TPSA) is 92.8 Å². The number of ether oxygens (including phenoxy) is 1. The Balaban J connectivity index is 1.32. The van der Waals surface area contributed by atoms with Gasteiger partial charge in [-0.2, -0.15) is 0 Å². The molecule has 1 saturated heterocycles. The predicted molar refractivity (Wildman–Crippen MR) is 117 cm³/mol. The number of carbonyl (C=O) groups is 4. The van der Waals surface area contributed by atoms with Gasteiger partial charge in [0.1, 0.15) is 12.6 Å². The van der Waals surface area contributed by atoms with Crippen molar-refractivity contribution >= 4 is 29.4 Å². The smallest absolute Gasteiger partial charge is 0.329 e. The zero-order chi connectivity index (χ0) is 22.7. The van der Waals surface area contributed by atoms with Crippen LogP contribution in [0.3, 0.4) is 0 Å². The van der Waals surface area contributed by atoms with Gasteiger partial charge in [-0.15, -0.1) is 0 Å². The summed E-state index contributed by atoms with van der Waals surface area (Å²) in [7, 11) is 0.